The zero-order valence-electron chi connectivity index (χ0n) is 13.8. The Kier molecular flexibility index (Phi) is 5.31. The fourth-order valence-corrected chi connectivity index (χ4v) is 2.30. The fraction of sp³-hybridized carbons (Fsp3) is 0.222. The number of ether oxygens (including phenoxy) is 3. The van der Waals surface area contributed by atoms with Gasteiger partial charge in [-0.1, -0.05) is 12.1 Å². The third kappa shape index (κ3) is 4.27. The Balaban J connectivity index is 1.59. The zero-order chi connectivity index (χ0) is 18.5. The van der Waals surface area contributed by atoms with E-state index in [9.17, 15) is 13.6 Å². The van der Waals surface area contributed by atoms with Crippen molar-refractivity contribution in [3.05, 3.63) is 54.1 Å². The molecule has 0 spiro atoms. The Morgan fingerprint density at radius 2 is 1.88 bits per heavy atom. The van der Waals surface area contributed by atoms with Gasteiger partial charge in [-0.05, 0) is 48.9 Å². The lowest BCUT2D eigenvalue weighted by molar-refractivity contribution is -0.130. The Labute approximate surface area is 148 Å². The maximum atomic E-state index is 12.2. The fourth-order valence-electron chi connectivity index (χ4n) is 2.30. The first kappa shape index (κ1) is 17.7. The third-order valence-electron chi connectivity index (χ3n) is 3.63. The lowest BCUT2D eigenvalue weighted by Gasteiger charge is -2.24. The van der Waals surface area contributed by atoms with Gasteiger partial charge in [-0.25, -0.2) is 5.43 Å². The summed E-state index contributed by atoms with van der Waals surface area (Å²) in [5.74, 6) is 0.681. The molecule has 2 aromatic rings. The number of benzene rings is 2. The van der Waals surface area contributed by atoms with E-state index in [0.717, 1.165) is 0 Å². The van der Waals surface area contributed by atoms with E-state index in [1.807, 2.05) is 6.07 Å². The van der Waals surface area contributed by atoms with Crippen LogP contribution in [0.3, 0.4) is 0 Å². The molecule has 6 nitrogen and oxygen atoms in total. The van der Waals surface area contributed by atoms with Gasteiger partial charge in [-0.15, -0.1) is 0 Å². The molecule has 1 heterocycles. The molecule has 0 fully saturated rings. The van der Waals surface area contributed by atoms with E-state index in [4.69, 9.17) is 9.47 Å². The van der Waals surface area contributed by atoms with Crippen molar-refractivity contribution in [2.24, 2.45) is 5.10 Å². The van der Waals surface area contributed by atoms with E-state index < -0.39 is 18.6 Å². The number of amides is 1. The number of alkyl halides is 2. The highest BCUT2D eigenvalue weighted by Crippen LogP contribution is 2.30. The van der Waals surface area contributed by atoms with Crippen molar-refractivity contribution in [2.45, 2.75) is 19.6 Å². The summed E-state index contributed by atoms with van der Waals surface area (Å²) in [6, 6.07) is 13.0. The molecule has 1 atom stereocenters. The second kappa shape index (κ2) is 7.81. The summed E-state index contributed by atoms with van der Waals surface area (Å²) >= 11 is 0. The molecule has 0 saturated carbocycles. The second-order valence-corrected chi connectivity index (χ2v) is 5.44. The summed E-state index contributed by atoms with van der Waals surface area (Å²) < 4.78 is 39.6. The van der Waals surface area contributed by atoms with E-state index in [-0.39, 0.29) is 12.4 Å². The predicted octanol–water partition coefficient (Wildman–Crippen LogP) is 2.97. The van der Waals surface area contributed by atoms with Crippen molar-refractivity contribution < 1.29 is 27.8 Å². The van der Waals surface area contributed by atoms with Gasteiger partial charge >= 0.3 is 6.61 Å². The molecule has 8 heteroatoms. The first-order chi connectivity index (χ1) is 12.5. The number of rotatable bonds is 5. The highest BCUT2D eigenvalue weighted by Gasteiger charge is 2.27. The van der Waals surface area contributed by atoms with Crippen molar-refractivity contribution in [3.63, 3.8) is 0 Å². The van der Waals surface area contributed by atoms with Crippen LogP contribution in [0.5, 0.6) is 17.2 Å². The average molecular weight is 362 g/mol. The minimum atomic E-state index is -2.88. The quantitative estimate of drug-likeness (QED) is 0.656. The molecule has 0 saturated heterocycles. The van der Waals surface area contributed by atoms with Crippen LogP contribution in [0.4, 0.5) is 8.78 Å². The van der Waals surface area contributed by atoms with Crippen LogP contribution in [0, 0.1) is 0 Å². The predicted molar refractivity (Wildman–Crippen MR) is 89.8 cm³/mol. The number of halogens is 2. The Bertz CT molecular complexity index is 809. The highest BCUT2D eigenvalue weighted by atomic mass is 19.3. The number of para-hydroxylation sites is 2. The van der Waals surface area contributed by atoms with Gasteiger partial charge in [0.15, 0.2) is 11.5 Å². The average Bonchev–Trinajstić information content (AvgIpc) is 2.65. The molecule has 136 valence electrons. The largest absolute Gasteiger partial charge is 0.485 e. The first-order valence-corrected chi connectivity index (χ1v) is 7.81. The van der Waals surface area contributed by atoms with E-state index in [0.29, 0.717) is 22.8 Å². The van der Waals surface area contributed by atoms with Gasteiger partial charge in [0.2, 0.25) is 6.10 Å². The first-order valence-electron chi connectivity index (χ1n) is 7.81. The summed E-state index contributed by atoms with van der Waals surface area (Å²) in [5, 5.41) is 4.01. The van der Waals surface area contributed by atoms with Crippen molar-refractivity contribution in [2.75, 3.05) is 6.61 Å². The van der Waals surface area contributed by atoms with Gasteiger partial charge in [-0.3, -0.25) is 4.79 Å². The lowest BCUT2D eigenvalue weighted by atomic mass is 10.1. The van der Waals surface area contributed by atoms with Crippen LogP contribution in [-0.4, -0.2) is 30.9 Å². The Hall–Kier alpha value is -3.16. The van der Waals surface area contributed by atoms with Gasteiger partial charge in [0.25, 0.3) is 5.91 Å². The number of fused-ring (bicyclic) bond motifs is 1. The standard InChI is InChI=1S/C18H16F2N2O4/c1-11(12-6-8-13(9-7-12)25-18(19)20)21-22-17(23)16-10-24-14-4-2-3-5-15(14)26-16/h2-9,16,18H,10H2,1H3,(H,22,23)/b21-11+. The smallest absolute Gasteiger partial charge is 0.387 e. The van der Waals surface area contributed by atoms with E-state index in [2.05, 4.69) is 15.3 Å². The van der Waals surface area contributed by atoms with Gasteiger partial charge in [0, 0.05) is 0 Å². The minimum absolute atomic E-state index is 0.0482. The van der Waals surface area contributed by atoms with Crippen LogP contribution in [0.1, 0.15) is 12.5 Å². The van der Waals surface area contributed by atoms with Crippen LogP contribution < -0.4 is 19.6 Å². The molecule has 0 aliphatic carbocycles. The molecule has 2 aromatic carbocycles. The van der Waals surface area contributed by atoms with Crippen molar-refractivity contribution in [1.82, 2.24) is 5.43 Å². The van der Waals surface area contributed by atoms with Gasteiger partial charge in [0.1, 0.15) is 12.4 Å². The van der Waals surface area contributed by atoms with E-state index >= 15 is 0 Å². The summed E-state index contributed by atoms with van der Waals surface area (Å²) in [4.78, 5) is 12.2. The molecule has 1 unspecified atom stereocenters. The van der Waals surface area contributed by atoms with Gasteiger partial charge in [-0.2, -0.15) is 13.9 Å². The Morgan fingerprint density at radius 1 is 1.19 bits per heavy atom. The number of hydrogen-bond acceptors (Lipinski definition) is 5. The van der Waals surface area contributed by atoms with Crippen molar-refractivity contribution in [3.8, 4) is 17.2 Å². The summed E-state index contributed by atoms with van der Waals surface area (Å²) in [6.45, 7) is -1.12. The third-order valence-corrected chi connectivity index (χ3v) is 3.63. The molecule has 3 rings (SSSR count). The van der Waals surface area contributed by atoms with Gasteiger partial charge in [0.05, 0.1) is 5.71 Å². The minimum Gasteiger partial charge on any atom is -0.485 e. The number of carbonyl (C=O) groups is 1. The maximum absolute atomic E-state index is 12.2. The van der Waals surface area contributed by atoms with E-state index in [1.165, 1.54) is 12.1 Å². The number of carbonyl (C=O) groups excluding carboxylic acids is 1. The van der Waals surface area contributed by atoms with Crippen LogP contribution in [0.25, 0.3) is 0 Å². The Morgan fingerprint density at radius 3 is 2.58 bits per heavy atom. The summed E-state index contributed by atoms with van der Waals surface area (Å²) in [7, 11) is 0. The van der Waals surface area contributed by atoms with Crippen LogP contribution in [-0.2, 0) is 4.79 Å². The monoisotopic (exact) mass is 362 g/mol. The highest BCUT2D eigenvalue weighted by molar-refractivity contribution is 5.99. The molecule has 0 aromatic heterocycles. The normalized spacial score (nSPS) is 16.3. The molecular formula is C18H16F2N2O4. The molecule has 1 aliphatic heterocycles. The number of hydrogen-bond donors (Lipinski definition) is 1. The maximum Gasteiger partial charge on any atom is 0.387 e. The SMILES string of the molecule is C/C(=N\NC(=O)C1COc2ccccc2O1)c1ccc(OC(F)F)cc1. The van der Waals surface area contributed by atoms with E-state index in [1.54, 1.807) is 37.3 Å². The van der Waals surface area contributed by atoms with Gasteiger partial charge < -0.3 is 14.2 Å². The number of nitrogens with one attached hydrogen (secondary N) is 1. The van der Waals surface area contributed by atoms with Crippen molar-refractivity contribution in [1.29, 1.82) is 0 Å². The number of hydrazone groups is 1. The van der Waals surface area contributed by atoms with Crippen molar-refractivity contribution >= 4 is 11.6 Å². The summed E-state index contributed by atoms with van der Waals surface area (Å²) in [5.41, 5.74) is 3.57. The number of nitrogens with zero attached hydrogens (tertiary/aromatic N) is 1. The zero-order valence-corrected chi connectivity index (χ0v) is 13.8. The van der Waals surface area contributed by atoms with Crippen LogP contribution in [0.2, 0.25) is 0 Å². The molecule has 26 heavy (non-hydrogen) atoms. The van der Waals surface area contributed by atoms with Crippen LogP contribution >= 0.6 is 0 Å². The van der Waals surface area contributed by atoms with Crippen LogP contribution in [0.15, 0.2) is 53.6 Å². The second-order valence-electron chi connectivity index (χ2n) is 5.44. The molecule has 1 amide bonds. The summed E-state index contributed by atoms with van der Waals surface area (Å²) in [6.07, 6.45) is -0.816. The molecule has 0 bridgehead atoms. The molecule has 0 radical (unpaired) electrons. The molecule has 1 N–H and O–H groups in total. The molecular weight excluding hydrogens is 346 g/mol. The lowest BCUT2D eigenvalue weighted by Crippen LogP contribution is -2.42. The topological polar surface area (TPSA) is 69.2 Å². The molecule has 1 aliphatic rings.